The molecular formula is C39H48ClF6N3O5. The molecule has 298 valence electrons. The van der Waals surface area contributed by atoms with Crippen molar-refractivity contribution in [2.45, 2.75) is 62.4 Å². The number of hydrogen-bond acceptors (Lipinski definition) is 7. The topological polar surface area (TPSA) is 80.3 Å². The highest BCUT2D eigenvalue weighted by Crippen LogP contribution is 2.65. The van der Waals surface area contributed by atoms with Crippen molar-refractivity contribution in [2.24, 2.45) is 5.92 Å². The molecule has 2 aromatic carbocycles. The molecule has 0 fully saturated rings. The van der Waals surface area contributed by atoms with Gasteiger partial charge >= 0.3 is 12.4 Å². The Morgan fingerprint density at radius 2 is 1.37 bits per heavy atom. The Balaban J connectivity index is 1.72. The van der Waals surface area contributed by atoms with Crippen LogP contribution in [0, 0.1) is 5.92 Å². The van der Waals surface area contributed by atoms with E-state index in [0.29, 0.717) is 31.3 Å². The van der Waals surface area contributed by atoms with Crippen LogP contribution in [0.25, 0.3) is 0 Å². The van der Waals surface area contributed by atoms with Gasteiger partial charge in [-0.2, -0.15) is 26.3 Å². The van der Waals surface area contributed by atoms with E-state index in [1.807, 2.05) is 0 Å². The molecule has 8 nitrogen and oxygen atoms in total. The second kappa shape index (κ2) is 17.8. The highest BCUT2D eigenvalue weighted by Gasteiger charge is 2.76. The van der Waals surface area contributed by atoms with E-state index in [4.69, 9.17) is 25.8 Å². The van der Waals surface area contributed by atoms with Gasteiger partial charge in [0.2, 0.25) is 11.3 Å². The molecule has 0 saturated carbocycles. The first-order chi connectivity index (χ1) is 25.5. The molecular weight excluding hydrogens is 740 g/mol. The Hall–Kier alpha value is -3.75. The molecule has 0 bridgehead atoms. The molecule has 1 atom stereocenters. The van der Waals surface area contributed by atoms with Gasteiger partial charge in [0.05, 0.1) is 25.7 Å². The number of anilines is 2. The van der Waals surface area contributed by atoms with Gasteiger partial charge in [0.1, 0.15) is 0 Å². The van der Waals surface area contributed by atoms with E-state index >= 15 is 26.3 Å². The van der Waals surface area contributed by atoms with Gasteiger partial charge in [0, 0.05) is 69.7 Å². The molecule has 1 N–H and O–H groups in total. The molecule has 15 heteroatoms. The second-order valence-corrected chi connectivity index (χ2v) is 14.2. The van der Waals surface area contributed by atoms with Gasteiger partial charge in [0.15, 0.2) is 5.60 Å². The average molecular weight is 788 g/mol. The van der Waals surface area contributed by atoms with Gasteiger partial charge in [-0.25, -0.2) is 0 Å². The van der Waals surface area contributed by atoms with E-state index < -0.39 is 57.4 Å². The predicted octanol–water partition coefficient (Wildman–Crippen LogP) is 7.80. The van der Waals surface area contributed by atoms with Crippen LogP contribution in [0.4, 0.5) is 37.7 Å². The highest BCUT2D eigenvalue weighted by molar-refractivity contribution is 6.17. The summed E-state index contributed by atoms with van der Waals surface area (Å²) in [6, 6.07) is 6.78. The van der Waals surface area contributed by atoms with Crippen molar-refractivity contribution in [1.82, 2.24) is 5.32 Å². The smallest absolute Gasteiger partial charge is 0.411 e. The van der Waals surface area contributed by atoms with E-state index in [-0.39, 0.29) is 43.0 Å². The largest absolute Gasteiger partial charge is 0.447 e. The molecule has 0 saturated heterocycles. The fourth-order valence-corrected chi connectivity index (χ4v) is 7.46. The number of alkyl halides is 7. The summed E-state index contributed by atoms with van der Waals surface area (Å²) in [5.41, 5.74) is -9.31. The monoisotopic (exact) mass is 787 g/mol. The standard InChI is InChI=1S/C39H48ClF6N3O5/c1-26-10-11-27(35(51)47-17-19-53-21-20-52-18-9-7-6-8-16-40)22-32(26)36(54-25-50)30-14-12-28(48(2)3)23-33(30)37(38(41,42)43,39(44,45)46)34-24-29(49(4)5)13-15-31(34)36/h10-15,23-25,27H,6-9,16-22H2,1-5H3,(H,47,51). The SMILES string of the molecule is CC1=C(C2(OC=O)c3ccc(N(C)C)cc3C(C(F)(F)F)(C(F)(F)F)c3cc(N(C)C)ccc32)CC(C(=O)NCCOCCOCCCCCCCl)C=C1. The van der Waals surface area contributed by atoms with E-state index in [9.17, 15) is 9.59 Å². The quantitative estimate of drug-likeness (QED) is 0.0716. The van der Waals surface area contributed by atoms with Crippen LogP contribution in [0.2, 0.25) is 0 Å². The third-order valence-corrected chi connectivity index (χ3v) is 10.3. The first-order valence-corrected chi connectivity index (χ1v) is 18.3. The Morgan fingerprint density at radius 1 is 0.833 bits per heavy atom. The summed E-state index contributed by atoms with van der Waals surface area (Å²) in [6.45, 7) is 3.28. The van der Waals surface area contributed by atoms with Gasteiger partial charge in [0.25, 0.3) is 6.47 Å². The number of ether oxygens (including phenoxy) is 3. The maximum absolute atomic E-state index is 15.6. The molecule has 4 rings (SSSR count). The van der Waals surface area contributed by atoms with Crippen molar-refractivity contribution in [1.29, 1.82) is 0 Å². The number of nitrogens with one attached hydrogen (secondary N) is 1. The summed E-state index contributed by atoms with van der Waals surface area (Å²) in [5, 5.41) is 2.79. The molecule has 0 radical (unpaired) electrons. The molecule has 0 aliphatic heterocycles. The fourth-order valence-electron chi connectivity index (χ4n) is 7.28. The number of nitrogens with zero attached hydrogens (tertiary/aromatic N) is 2. The predicted molar refractivity (Wildman–Crippen MR) is 196 cm³/mol. The lowest BCUT2D eigenvalue weighted by molar-refractivity contribution is -0.290. The molecule has 2 aromatic rings. The van der Waals surface area contributed by atoms with Gasteiger partial charge in [-0.05, 0) is 72.7 Å². The Bertz CT molecular complexity index is 1620. The maximum atomic E-state index is 15.6. The zero-order valence-electron chi connectivity index (χ0n) is 31.1. The van der Waals surface area contributed by atoms with E-state index in [2.05, 4.69) is 5.32 Å². The molecule has 2 aliphatic carbocycles. The number of hydrogen-bond donors (Lipinski definition) is 1. The van der Waals surface area contributed by atoms with Crippen LogP contribution in [0.3, 0.4) is 0 Å². The maximum Gasteiger partial charge on any atom is 0.411 e. The van der Waals surface area contributed by atoms with Gasteiger partial charge < -0.3 is 29.3 Å². The minimum Gasteiger partial charge on any atom is -0.447 e. The summed E-state index contributed by atoms with van der Waals surface area (Å²) in [5.74, 6) is -0.703. The second-order valence-electron chi connectivity index (χ2n) is 13.8. The zero-order valence-corrected chi connectivity index (χ0v) is 31.9. The Morgan fingerprint density at radius 3 is 1.87 bits per heavy atom. The Kier molecular flexibility index (Phi) is 14.2. The average Bonchev–Trinajstić information content (AvgIpc) is 3.10. The number of carbonyl (C=O) groups is 2. The number of rotatable bonds is 18. The molecule has 0 spiro atoms. The lowest BCUT2D eigenvalue weighted by Gasteiger charge is -2.51. The molecule has 0 aromatic heterocycles. The summed E-state index contributed by atoms with van der Waals surface area (Å²) >= 11 is 5.68. The third-order valence-electron chi connectivity index (χ3n) is 10.0. The van der Waals surface area contributed by atoms with Crippen LogP contribution >= 0.6 is 11.6 Å². The molecule has 2 aliphatic rings. The molecule has 54 heavy (non-hydrogen) atoms. The minimum atomic E-state index is -5.89. The molecule has 0 heterocycles. The number of amides is 1. The van der Waals surface area contributed by atoms with Crippen molar-refractivity contribution in [3.8, 4) is 0 Å². The first-order valence-electron chi connectivity index (χ1n) is 17.8. The van der Waals surface area contributed by atoms with Crippen molar-refractivity contribution >= 4 is 35.4 Å². The van der Waals surface area contributed by atoms with Crippen LogP contribution in [0.1, 0.15) is 61.3 Å². The first kappa shape index (κ1) is 43.0. The van der Waals surface area contributed by atoms with E-state index in [0.717, 1.165) is 49.9 Å². The van der Waals surface area contributed by atoms with E-state index in [1.54, 1.807) is 19.1 Å². The van der Waals surface area contributed by atoms with Crippen LogP contribution in [-0.4, -0.2) is 91.8 Å². The van der Waals surface area contributed by atoms with Crippen LogP contribution in [0.15, 0.2) is 59.7 Å². The lowest BCUT2D eigenvalue weighted by Crippen LogP contribution is -2.60. The van der Waals surface area contributed by atoms with Crippen LogP contribution in [0.5, 0.6) is 0 Å². The van der Waals surface area contributed by atoms with Gasteiger partial charge in [-0.3, -0.25) is 9.59 Å². The minimum absolute atomic E-state index is 0.0256. The fraction of sp³-hybridized carbons (Fsp3) is 0.538. The number of carbonyl (C=O) groups excluding carboxylic acids is 2. The van der Waals surface area contributed by atoms with Crippen molar-refractivity contribution in [2.75, 3.05) is 76.8 Å². The number of benzene rings is 2. The number of halogens is 7. The lowest BCUT2D eigenvalue weighted by atomic mass is 9.57. The van der Waals surface area contributed by atoms with Crippen molar-refractivity contribution in [3.05, 3.63) is 82.0 Å². The van der Waals surface area contributed by atoms with Gasteiger partial charge in [-0.15, -0.1) is 11.6 Å². The number of fused-ring (bicyclic) bond motifs is 2. The third kappa shape index (κ3) is 8.40. The normalized spacial score (nSPS) is 17.4. The summed E-state index contributed by atoms with van der Waals surface area (Å²) in [6.07, 6.45) is -4.81. The van der Waals surface area contributed by atoms with Gasteiger partial charge in [-0.1, -0.05) is 37.1 Å². The zero-order chi connectivity index (χ0) is 39.9. The number of allylic oxidation sites excluding steroid dienone is 2. The van der Waals surface area contributed by atoms with Crippen LogP contribution < -0.4 is 15.1 Å². The summed E-state index contributed by atoms with van der Waals surface area (Å²) in [4.78, 5) is 28.7. The summed E-state index contributed by atoms with van der Waals surface area (Å²) < 4.78 is 111. The van der Waals surface area contributed by atoms with Crippen molar-refractivity contribution < 1.29 is 50.1 Å². The highest BCUT2D eigenvalue weighted by atomic mass is 35.5. The molecule has 1 amide bonds. The van der Waals surface area contributed by atoms with Crippen molar-refractivity contribution in [3.63, 3.8) is 0 Å². The van der Waals surface area contributed by atoms with E-state index in [1.165, 1.54) is 50.1 Å². The molecule has 1 unspecified atom stereocenters. The number of unbranched alkanes of at least 4 members (excludes halogenated alkanes) is 3. The van der Waals surface area contributed by atoms with Crippen LogP contribution in [-0.2, 0) is 34.8 Å². The summed E-state index contributed by atoms with van der Waals surface area (Å²) in [7, 11) is 5.98. The Labute approximate surface area is 317 Å².